The van der Waals surface area contributed by atoms with E-state index in [1.54, 1.807) is 0 Å². The normalized spacial score (nSPS) is 16.4. The summed E-state index contributed by atoms with van der Waals surface area (Å²) in [7, 11) is 0. The monoisotopic (exact) mass is 356 g/mol. The molecule has 0 spiro atoms. The molecule has 0 aliphatic heterocycles. The number of imidazole rings is 2. The summed E-state index contributed by atoms with van der Waals surface area (Å²) < 4.78 is 0. The van der Waals surface area contributed by atoms with Gasteiger partial charge in [-0.3, -0.25) is 9.59 Å². The molecule has 0 aromatic carbocycles. The van der Waals surface area contributed by atoms with Gasteiger partial charge in [-0.15, -0.1) is 0 Å². The number of rotatable bonds is 2. The van der Waals surface area contributed by atoms with E-state index in [0.29, 0.717) is 49.1 Å². The predicted octanol–water partition coefficient (Wildman–Crippen LogP) is 3.18. The average molecular weight is 356 g/mol. The largest absolute Gasteiger partial charge is 0.345 e. The zero-order valence-corrected chi connectivity index (χ0v) is 16.1. The van der Waals surface area contributed by atoms with Crippen molar-refractivity contribution in [2.75, 3.05) is 0 Å². The Kier molecular flexibility index (Phi) is 5.39. The number of H-pyrrole nitrogens is 2. The number of nitrogens with one attached hydrogen (secondary N) is 2. The second-order valence-electron chi connectivity index (χ2n) is 7.83. The Bertz CT molecular complexity index is 746. The fourth-order valence-corrected chi connectivity index (χ4v) is 3.27. The van der Waals surface area contributed by atoms with E-state index in [1.165, 1.54) is 0 Å². The molecule has 2 aromatic rings. The number of carbonyl (C=O) groups excluding carboxylic acids is 2. The summed E-state index contributed by atoms with van der Waals surface area (Å²) in [5.74, 6) is 3.51. The highest BCUT2D eigenvalue weighted by atomic mass is 16.1. The van der Waals surface area contributed by atoms with E-state index in [1.807, 2.05) is 0 Å². The van der Waals surface area contributed by atoms with Crippen LogP contribution < -0.4 is 0 Å². The molecule has 0 saturated heterocycles. The lowest BCUT2D eigenvalue weighted by atomic mass is 10.0. The average Bonchev–Trinajstić information content (AvgIpc) is 3.18. The number of nitrogens with zero attached hydrogens (tertiary/aromatic N) is 2. The minimum atomic E-state index is 0.325. The van der Waals surface area contributed by atoms with Gasteiger partial charge in [-0.05, 0) is 12.8 Å². The first-order chi connectivity index (χ1) is 12.3. The SMILES string of the molecule is CC(C)c1nc2c([nH]1)CC(=O)CC2.CC(C)c1nc2c([nH]1)CC(=O)CC2. The third-order valence-electron chi connectivity index (χ3n) is 4.89. The van der Waals surface area contributed by atoms with Gasteiger partial charge in [0.2, 0.25) is 0 Å². The lowest BCUT2D eigenvalue weighted by molar-refractivity contribution is -0.119. The Labute approximate surface area is 154 Å². The molecule has 2 heterocycles. The van der Waals surface area contributed by atoms with Crippen molar-refractivity contribution in [1.29, 1.82) is 0 Å². The molecule has 26 heavy (non-hydrogen) atoms. The van der Waals surface area contributed by atoms with Crippen molar-refractivity contribution in [3.8, 4) is 0 Å². The van der Waals surface area contributed by atoms with Crippen molar-refractivity contribution in [3.63, 3.8) is 0 Å². The number of carbonyl (C=O) groups is 2. The van der Waals surface area contributed by atoms with Gasteiger partial charge in [0.15, 0.2) is 0 Å². The van der Waals surface area contributed by atoms with Crippen LogP contribution in [0, 0.1) is 0 Å². The van der Waals surface area contributed by atoms with Crippen LogP contribution in [-0.2, 0) is 35.3 Å². The summed E-state index contributed by atoms with van der Waals surface area (Å²) in [6.45, 7) is 8.41. The Morgan fingerprint density at radius 2 is 1.08 bits per heavy atom. The van der Waals surface area contributed by atoms with Crippen molar-refractivity contribution in [1.82, 2.24) is 19.9 Å². The lowest BCUT2D eigenvalue weighted by Crippen LogP contribution is -2.12. The Hall–Kier alpha value is -2.24. The molecule has 0 saturated carbocycles. The molecule has 0 fully saturated rings. The van der Waals surface area contributed by atoms with Gasteiger partial charge in [0.25, 0.3) is 0 Å². The Morgan fingerprint density at radius 3 is 1.42 bits per heavy atom. The number of Topliss-reactive ketones (excluding diaryl/α,β-unsaturated/α-hetero) is 2. The zero-order valence-electron chi connectivity index (χ0n) is 16.1. The first kappa shape index (κ1) is 18.5. The molecule has 6 heteroatoms. The van der Waals surface area contributed by atoms with Crippen LogP contribution in [0.2, 0.25) is 0 Å². The van der Waals surface area contributed by atoms with Crippen LogP contribution in [-0.4, -0.2) is 31.5 Å². The summed E-state index contributed by atoms with van der Waals surface area (Å²) in [5, 5.41) is 0. The molecule has 2 N–H and O–H groups in total. The summed E-state index contributed by atoms with van der Waals surface area (Å²) in [6.07, 6.45) is 4.06. The maximum atomic E-state index is 11.2. The lowest BCUT2D eigenvalue weighted by Gasteiger charge is -2.06. The van der Waals surface area contributed by atoms with E-state index in [-0.39, 0.29) is 0 Å². The van der Waals surface area contributed by atoms with Crippen LogP contribution in [0.3, 0.4) is 0 Å². The molecule has 2 aromatic heterocycles. The minimum Gasteiger partial charge on any atom is -0.345 e. The van der Waals surface area contributed by atoms with Gasteiger partial charge in [-0.1, -0.05) is 27.7 Å². The summed E-state index contributed by atoms with van der Waals surface area (Å²) in [5.41, 5.74) is 4.28. The summed E-state index contributed by atoms with van der Waals surface area (Å²) in [4.78, 5) is 37.7. The highest BCUT2D eigenvalue weighted by Crippen LogP contribution is 2.21. The molecule has 6 nitrogen and oxygen atoms in total. The number of aryl methyl sites for hydroxylation is 2. The molecule has 0 unspecified atom stereocenters. The van der Waals surface area contributed by atoms with Crippen molar-refractivity contribution in [2.45, 2.75) is 78.1 Å². The topological polar surface area (TPSA) is 91.5 Å². The quantitative estimate of drug-likeness (QED) is 0.864. The van der Waals surface area contributed by atoms with Gasteiger partial charge >= 0.3 is 0 Å². The van der Waals surface area contributed by atoms with Crippen molar-refractivity contribution < 1.29 is 9.59 Å². The summed E-state index contributed by atoms with van der Waals surface area (Å²) in [6, 6.07) is 0. The first-order valence-corrected chi connectivity index (χ1v) is 9.52. The predicted molar refractivity (Wildman–Crippen MR) is 99.4 cm³/mol. The fraction of sp³-hybridized carbons (Fsp3) is 0.600. The smallest absolute Gasteiger partial charge is 0.139 e. The highest BCUT2D eigenvalue weighted by molar-refractivity contribution is 5.82. The number of hydrogen-bond donors (Lipinski definition) is 2. The Balaban J connectivity index is 0.000000151. The van der Waals surface area contributed by atoms with Crippen LogP contribution in [0.4, 0.5) is 0 Å². The van der Waals surface area contributed by atoms with Crippen molar-refractivity contribution in [3.05, 3.63) is 34.4 Å². The van der Waals surface area contributed by atoms with Crippen LogP contribution in [0.15, 0.2) is 0 Å². The van der Waals surface area contributed by atoms with E-state index in [0.717, 1.165) is 47.3 Å². The molecule has 4 rings (SSSR count). The van der Waals surface area contributed by atoms with E-state index < -0.39 is 0 Å². The van der Waals surface area contributed by atoms with Gasteiger partial charge in [0.1, 0.15) is 23.2 Å². The second-order valence-corrected chi connectivity index (χ2v) is 7.83. The van der Waals surface area contributed by atoms with Crippen LogP contribution in [0.1, 0.15) is 86.8 Å². The Morgan fingerprint density at radius 1 is 0.692 bits per heavy atom. The number of hydrogen-bond acceptors (Lipinski definition) is 4. The standard InChI is InChI=1S/2C10H14N2O/c2*1-6(2)10-11-8-4-3-7(13)5-9(8)12-10/h2*6H,3-5H2,1-2H3,(H,11,12). The molecule has 0 amide bonds. The third kappa shape index (κ3) is 4.11. The molecule has 0 radical (unpaired) electrons. The molecular formula is C20H28N4O2. The number of aromatic nitrogens is 4. The highest BCUT2D eigenvalue weighted by Gasteiger charge is 2.21. The first-order valence-electron chi connectivity index (χ1n) is 9.52. The molecular weight excluding hydrogens is 328 g/mol. The van der Waals surface area contributed by atoms with Crippen molar-refractivity contribution in [2.24, 2.45) is 0 Å². The molecule has 0 bridgehead atoms. The van der Waals surface area contributed by atoms with Gasteiger partial charge in [0.05, 0.1) is 11.4 Å². The maximum absolute atomic E-state index is 11.2. The fourth-order valence-electron chi connectivity index (χ4n) is 3.27. The number of aromatic amines is 2. The molecule has 2 aliphatic rings. The van der Waals surface area contributed by atoms with Gasteiger partial charge in [-0.2, -0.15) is 0 Å². The van der Waals surface area contributed by atoms with E-state index in [4.69, 9.17) is 0 Å². The maximum Gasteiger partial charge on any atom is 0.139 e. The molecule has 140 valence electrons. The third-order valence-corrected chi connectivity index (χ3v) is 4.89. The summed E-state index contributed by atoms with van der Waals surface area (Å²) >= 11 is 0. The zero-order chi connectivity index (χ0) is 18.8. The van der Waals surface area contributed by atoms with Crippen molar-refractivity contribution >= 4 is 11.6 Å². The number of ketones is 2. The number of fused-ring (bicyclic) bond motifs is 2. The van der Waals surface area contributed by atoms with Gasteiger partial charge in [0, 0.05) is 48.9 Å². The molecule has 2 aliphatic carbocycles. The second kappa shape index (κ2) is 7.56. The van der Waals surface area contributed by atoms with E-state index in [2.05, 4.69) is 47.6 Å². The van der Waals surface area contributed by atoms with Gasteiger partial charge in [-0.25, -0.2) is 9.97 Å². The van der Waals surface area contributed by atoms with Gasteiger partial charge < -0.3 is 9.97 Å². The van der Waals surface area contributed by atoms with E-state index in [9.17, 15) is 9.59 Å². The minimum absolute atomic E-state index is 0.325. The van der Waals surface area contributed by atoms with Crippen LogP contribution in [0.5, 0.6) is 0 Å². The molecule has 0 atom stereocenters. The van der Waals surface area contributed by atoms with Crippen LogP contribution in [0.25, 0.3) is 0 Å². The van der Waals surface area contributed by atoms with Crippen LogP contribution >= 0.6 is 0 Å². The van der Waals surface area contributed by atoms with E-state index >= 15 is 0 Å².